The molecule has 1 aliphatic carbocycles. The van der Waals surface area contributed by atoms with E-state index in [1.165, 1.54) is 25.2 Å². The lowest BCUT2D eigenvalue weighted by Crippen LogP contribution is -2.39. The Morgan fingerprint density at radius 3 is 2.62 bits per heavy atom. The van der Waals surface area contributed by atoms with Crippen molar-refractivity contribution in [2.24, 2.45) is 5.73 Å². The van der Waals surface area contributed by atoms with Crippen LogP contribution in [0, 0.1) is 17.1 Å². The molecule has 0 radical (unpaired) electrons. The molecule has 2 aromatic rings. The Balaban J connectivity index is 2.02. The highest BCUT2D eigenvalue weighted by Crippen LogP contribution is 2.49. The van der Waals surface area contributed by atoms with E-state index in [-0.39, 0.29) is 22.9 Å². The Hall–Kier alpha value is -3.31. The van der Waals surface area contributed by atoms with E-state index >= 15 is 0 Å². The number of hydrogen-bond donors (Lipinski definition) is 1. The van der Waals surface area contributed by atoms with Gasteiger partial charge in [0.15, 0.2) is 5.78 Å². The summed E-state index contributed by atoms with van der Waals surface area (Å²) in [7, 11) is 3.06. The average Bonchev–Trinajstić information content (AvgIpc) is 2.79. The molecule has 2 aromatic carbocycles. The highest BCUT2D eigenvalue weighted by molar-refractivity contribution is 9.10. The molecule has 8 heteroatoms. The Morgan fingerprint density at radius 1 is 1.19 bits per heavy atom. The third-order valence-corrected chi connectivity index (χ3v) is 6.31. The number of anilines is 1. The van der Waals surface area contributed by atoms with Gasteiger partial charge in [0.25, 0.3) is 0 Å². The van der Waals surface area contributed by atoms with Crippen LogP contribution in [0.4, 0.5) is 10.1 Å². The third kappa shape index (κ3) is 3.53. The first-order valence-corrected chi connectivity index (χ1v) is 10.8. The Bertz CT molecular complexity index is 1220. The van der Waals surface area contributed by atoms with Gasteiger partial charge in [-0.25, -0.2) is 4.39 Å². The third-order valence-electron chi connectivity index (χ3n) is 5.81. The fourth-order valence-electron chi connectivity index (χ4n) is 4.40. The molecular formula is C24H21BrFN3O3. The maximum absolute atomic E-state index is 15.0. The second-order valence-electron chi connectivity index (χ2n) is 7.52. The SMILES string of the molecule is COc1ccc(OC)c(C2C(C#N)=C(N)N(c3ccc(Br)cc3F)C3=C2C(=O)CCC3)c1. The molecule has 0 spiro atoms. The lowest BCUT2D eigenvalue weighted by molar-refractivity contribution is -0.116. The molecule has 1 atom stereocenters. The average molecular weight is 498 g/mol. The lowest BCUT2D eigenvalue weighted by Gasteiger charge is -2.40. The van der Waals surface area contributed by atoms with Crippen LogP contribution in [-0.2, 0) is 4.79 Å². The van der Waals surface area contributed by atoms with Crippen LogP contribution in [0.5, 0.6) is 11.5 Å². The van der Waals surface area contributed by atoms with Crippen molar-refractivity contribution in [1.82, 2.24) is 0 Å². The molecule has 32 heavy (non-hydrogen) atoms. The molecule has 0 saturated carbocycles. The van der Waals surface area contributed by atoms with Crippen molar-refractivity contribution in [1.29, 1.82) is 5.26 Å². The number of ketones is 1. The Labute approximate surface area is 193 Å². The van der Waals surface area contributed by atoms with E-state index in [2.05, 4.69) is 22.0 Å². The van der Waals surface area contributed by atoms with Gasteiger partial charge in [0, 0.05) is 27.7 Å². The van der Waals surface area contributed by atoms with Gasteiger partial charge in [0.1, 0.15) is 23.1 Å². The van der Waals surface area contributed by atoms with Crippen LogP contribution in [0.25, 0.3) is 0 Å². The number of nitrogens with zero attached hydrogens (tertiary/aromatic N) is 2. The summed E-state index contributed by atoms with van der Waals surface area (Å²) >= 11 is 3.26. The smallest absolute Gasteiger partial charge is 0.161 e. The topological polar surface area (TPSA) is 88.6 Å². The molecule has 2 N–H and O–H groups in total. The Kier molecular flexibility index (Phi) is 5.94. The van der Waals surface area contributed by atoms with Crippen LogP contribution >= 0.6 is 15.9 Å². The first kappa shape index (κ1) is 21.9. The summed E-state index contributed by atoms with van der Waals surface area (Å²) in [5.74, 6) is -0.182. The molecule has 0 saturated heterocycles. The molecule has 2 aliphatic rings. The van der Waals surface area contributed by atoms with Crippen molar-refractivity contribution in [2.45, 2.75) is 25.2 Å². The molecule has 0 fully saturated rings. The Morgan fingerprint density at radius 2 is 1.97 bits per heavy atom. The van der Waals surface area contributed by atoms with Gasteiger partial charge in [-0.15, -0.1) is 0 Å². The van der Waals surface area contributed by atoms with Crippen LogP contribution < -0.4 is 20.1 Å². The molecule has 6 nitrogen and oxygen atoms in total. The van der Waals surface area contributed by atoms with Gasteiger partial charge in [-0.2, -0.15) is 5.26 Å². The predicted molar refractivity (Wildman–Crippen MR) is 122 cm³/mol. The van der Waals surface area contributed by atoms with Crippen LogP contribution in [0.2, 0.25) is 0 Å². The van der Waals surface area contributed by atoms with Gasteiger partial charge in [0.2, 0.25) is 0 Å². The lowest BCUT2D eigenvalue weighted by atomic mass is 9.75. The summed E-state index contributed by atoms with van der Waals surface area (Å²) in [5, 5.41) is 10.1. The monoisotopic (exact) mass is 497 g/mol. The number of carbonyl (C=O) groups excluding carboxylic acids is 1. The first-order chi connectivity index (χ1) is 15.4. The second kappa shape index (κ2) is 8.67. The number of ether oxygens (including phenoxy) is 2. The van der Waals surface area contributed by atoms with Crippen molar-refractivity contribution in [2.75, 3.05) is 19.1 Å². The van der Waals surface area contributed by atoms with E-state index in [4.69, 9.17) is 15.2 Å². The minimum absolute atomic E-state index is 0.0936. The van der Waals surface area contributed by atoms with Crippen LogP contribution in [0.3, 0.4) is 0 Å². The number of halogens is 2. The van der Waals surface area contributed by atoms with E-state index in [1.807, 2.05) is 0 Å². The highest BCUT2D eigenvalue weighted by Gasteiger charge is 2.42. The highest BCUT2D eigenvalue weighted by atomic mass is 79.9. The largest absolute Gasteiger partial charge is 0.497 e. The summed E-state index contributed by atoms with van der Waals surface area (Å²) in [6.45, 7) is 0. The van der Waals surface area contributed by atoms with Gasteiger partial charge in [-0.1, -0.05) is 15.9 Å². The zero-order valence-corrected chi connectivity index (χ0v) is 19.2. The predicted octanol–water partition coefficient (Wildman–Crippen LogP) is 4.91. The van der Waals surface area contributed by atoms with Crippen LogP contribution in [-0.4, -0.2) is 20.0 Å². The number of Topliss-reactive ketones (excluding diaryl/α,β-unsaturated/α-hetero) is 1. The standard InChI is InChI=1S/C24H21BrFN3O3/c1-31-14-7-9-21(32-2)15(11-14)22-16(12-27)24(28)29(18-8-6-13(25)10-17(18)26)19-4-3-5-20(30)23(19)22/h6-11,22H,3-5,28H2,1-2H3. The maximum Gasteiger partial charge on any atom is 0.161 e. The molecule has 0 amide bonds. The van der Waals surface area contributed by atoms with E-state index < -0.39 is 11.7 Å². The normalized spacial score (nSPS) is 18.4. The molecule has 1 heterocycles. The summed E-state index contributed by atoms with van der Waals surface area (Å²) in [6, 6.07) is 12.0. The van der Waals surface area contributed by atoms with Crippen LogP contribution in [0.1, 0.15) is 30.7 Å². The second-order valence-corrected chi connectivity index (χ2v) is 8.44. The number of nitrogens with two attached hydrogens (primary N) is 1. The quantitative estimate of drug-likeness (QED) is 0.645. The van der Waals surface area contributed by atoms with E-state index in [0.717, 1.165) is 0 Å². The summed E-state index contributed by atoms with van der Waals surface area (Å²) < 4.78 is 26.4. The fraction of sp³-hybridized carbons (Fsp3) is 0.250. The van der Waals surface area contributed by atoms with E-state index in [9.17, 15) is 14.4 Å². The summed E-state index contributed by atoms with van der Waals surface area (Å²) in [4.78, 5) is 14.7. The van der Waals surface area contributed by atoms with Crippen molar-refractivity contribution < 1.29 is 18.7 Å². The van der Waals surface area contributed by atoms with Gasteiger partial charge in [-0.05, 0) is 49.2 Å². The zero-order valence-electron chi connectivity index (χ0n) is 17.6. The molecule has 4 rings (SSSR count). The van der Waals surface area contributed by atoms with Gasteiger partial charge >= 0.3 is 0 Å². The molecule has 164 valence electrons. The molecule has 1 unspecified atom stereocenters. The van der Waals surface area contributed by atoms with Crippen molar-refractivity contribution >= 4 is 27.4 Å². The van der Waals surface area contributed by atoms with Crippen molar-refractivity contribution in [3.8, 4) is 17.6 Å². The number of carbonyl (C=O) groups is 1. The molecule has 0 bridgehead atoms. The number of allylic oxidation sites excluding steroid dienone is 3. The van der Waals surface area contributed by atoms with E-state index in [1.54, 1.807) is 30.3 Å². The first-order valence-electron chi connectivity index (χ1n) is 10.0. The van der Waals surface area contributed by atoms with Crippen molar-refractivity contribution in [3.63, 3.8) is 0 Å². The van der Waals surface area contributed by atoms with Crippen LogP contribution in [0.15, 0.2) is 63.5 Å². The minimum atomic E-state index is -0.734. The number of rotatable bonds is 4. The summed E-state index contributed by atoms with van der Waals surface area (Å²) in [5.41, 5.74) is 8.50. The van der Waals surface area contributed by atoms with Gasteiger partial charge < -0.3 is 15.2 Å². The van der Waals surface area contributed by atoms with Crippen molar-refractivity contribution in [3.05, 3.63) is 74.9 Å². The van der Waals surface area contributed by atoms with Gasteiger partial charge in [0.05, 0.1) is 37.5 Å². The minimum Gasteiger partial charge on any atom is -0.497 e. The fourth-order valence-corrected chi connectivity index (χ4v) is 4.73. The molecule has 1 aliphatic heterocycles. The van der Waals surface area contributed by atoms with E-state index in [0.29, 0.717) is 52.1 Å². The summed E-state index contributed by atoms with van der Waals surface area (Å²) in [6.07, 6.45) is 1.49. The maximum atomic E-state index is 15.0. The number of methoxy groups -OCH3 is 2. The number of nitriles is 1. The number of benzene rings is 2. The van der Waals surface area contributed by atoms with Gasteiger partial charge in [-0.3, -0.25) is 9.69 Å². The number of hydrogen-bond acceptors (Lipinski definition) is 6. The molecule has 0 aromatic heterocycles. The zero-order chi connectivity index (χ0) is 23.0. The molecular weight excluding hydrogens is 477 g/mol.